The number of aliphatic imine (C=N–C) groups is 1. The van der Waals surface area contributed by atoms with Gasteiger partial charge >= 0.3 is 0 Å². The van der Waals surface area contributed by atoms with Crippen molar-refractivity contribution in [2.75, 3.05) is 47.4 Å². The maximum absolute atomic E-state index is 11.8. The lowest BCUT2D eigenvalue weighted by Gasteiger charge is -2.32. The summed E-state index contributed by atoms with van der Waals surface area (Å²) in [6, 6.07) is 0.440. The molecule has 0 bridgehead atoms. The van der Waals surface area contributed by atoms with E-state index in [1.165, 1.54) is 4.90 Å². The lowest BCUT2D eigenvalue weighted by molar-refractivity contribution is -0.132. The minimum absolute atomic E-state index is 0.0426. The molecule has 8 nitrogen and oxygen atoms in total. The highest BCUT2D eigenvalue weighted by atomic mass is 16.5. The van der Waals surface area contributed by atoms with E-state index < -0.39 is 0 Å². The van der Waals surface area contributed by atoms with Gasteiger partial charge in [0.1, 0.15) is 6.54 Å². The first-order chi connectivity index (χ1) is 11.5. The van der Waals surface area contributed by atoms with E-state index in [4.69, 9.17) is 4.74 Å². The molecule has 2 saturated heterocycles. The van der Waals surface area contributed by atoms with Gasteiger partial charge in [-0.3, -0.25) is 9.59 Å². The third-order valence-corrected chi connectivity index (χ3v) is 4.40. The molecule has 1 unspecified atom stereocenters. The molecule has 2 amide bonds. The van der Waals surface area contributed by atoms with Crippen LogP contribution in [0.4, 0.5) is 0 Å². The van der Waals surface area contributed by atoms with Crippen LogP contribution in [-0.2, 0) is 14.3 Å². The van der Waals surface area contributed by atoms with Gasteiger partial charge in [-0.1, -0.05) is 0 Å². The lowest BCUT2D eigenvalue weighted by atomic mass is 10.1. The van der Waals surface area contributed by atoms with Crippen molar-refractivity contribution < 1.29 is 14.3 Å². The fraction of sp³-hybridized carbons (Fsp3) is 0.812. The van der Waals surface area contributed by atoms with Gasteiger partial charge < -0.3 is 25.2 Å². The average Bonchev–Trinajstić information content (AvgIpc) is 2.56. The molecule has 0 radical (unpaired) electrons. The van der Waals surface area contributed by atoms with Gasteiger partial charge in [0, 0.05) is 59.4 Å². The predicted octanol–water partition coefficient (Wildman–Crippen LogP) is -0.590. The number of ether oxygens (including phenoxy) is 1. The van der Waals surface area contributed by atoms with Gasteiger partial charge in [-0.2, -0.15) is 0 Å². The molecule has 136 valence electrons. The molecule has 0 aromatic heterocycles. The number of carbonyl (C=O) groups is 2. The fourth-order valence-electron chi connectivity index (χ4n) is 2.78. The standard InChI is InChI=1S/C16H29N5O3/c1-20(2)15(23)10-17-16(18-12-6-8-24-9-7-12)19-13-4-5-14(22)21(3)11-13/h12-13H,4-11H2,1-3H3,(H2,17,18,19). The summed E-state index contributed by atoms with van der Waals surface area (Å²) in [5, 5.41) is 6.79. The molecule has 24 heavy (non-hydrogen) atoms. The zero-order valence-corrected chi connectivity index (χ0v) is 14.9. The molecule has 0 spiro atoms. The number of nitrogens with one attached hydrogen (secondary N) is 2. The van der Waals surface area contributed by atoms with Crippen molar-refractivity contribution in [1.82, 2.24) is 20.4 Å². The van der Waals surface area contributed by atoms with E-state index in [9.17, 15) is 9.59 Å². The largest absolute Gasteiger partial charge is 0.381 e. The monoisotopic (exact) mass is 339 g/mol. The van der Waals surface area contributed by atoms with Gasteiger partial charge in [-0.25, -0.2) is 4.99 Å². The van der Waals surface area contributed by atoms with E-state index in [0.29, 0.717) is 25.0 Å². The van der Waals surface area contributed by atoms with E-state index in [0.717, 1.165) is 32.5 Å². The SMILES string of the molecule is CN(C)C(=O)CN=C(NC1CCOCC1)NC1CCC(=O)N(C)C1. The Labute approximate surface area is 143 Å². The van der Waals surface area contributed by atoms with Gasteiger partial charge in [0.25, 0.3) is 0 Å². The van der Waals surface area contributed by atoms with Crippen LogP contribution < -0.4 is 10.6 Å². The average molecular weight is 339 g/mol. The fourth-order valence-corrected chi connectivity index (χ4v) is 2.78. The molecule has 2 aliphatic rings. The van der Waals surface area contributed by atoms with Crippen LogP contribution in [0.2, 0.25) is 0 Å². The number of carbonyl (C=O) groups excluding carboxylic acids is 2. The van der Waals surface area contributed by atoms with Gasteiger partial charge in [0.2, 0.25) is 11.8 Å². The highest BCUT2D eigenvalue weighted by molar-refractivity contribution is 5.85. The van der Waals surface area contributed by atoms with Gasteiger partial charge in [-0.05, 0) is 19.3 Å². The van der Waals surface area contributed by atoms with Crippen LogP contribution in [0, 0.1) is 0 Å². The Bertz CT molecular complexity index is 474. The number of piperidine rings is 1. The minimum atomic E-state index is -0.0426. The molecule has 0 aromatic rings. The zero-order valence-electron chi connectivity index (χ0n) is 14.9. The van der Waals surface area contributed by atoms with Crippen molar-refractivity contribution in [3.8, 4) is 0 Å². The molecule has 2 aliphatic heterocycles. The summed E-state index contributed by atoms with van der Waals surface area (Å²) < 4.78 is 5.38. The number of amides is 2. The molecular formula is C16H29N5O3. The summed E-state index contributed by atoms with van der Waals surface area (Å²) in [6.07, 6.45) is 3.16. The number of likely N-dealkylation sites (N-methyl/N-ethyl adjacent to an activating group) is 2. The molecule has 2 fully saturated rings. The molecule has 2 N–H and O–H groups in total. The Balaban J connectivity index is 1.96. The van der Waals surface area contributed by atoms with E-state index >= 15 is 0 Å². The summed E-state index contributed by atoms with van der Waals surface area (Å²) in [4.78, 5) is 31.1. The van der Waals surface area contributed by atoms with E-state index in [1.54, 1.807) is 19.0 Å². The number of hydrogen-bond donors (Lipinski definition) is 2. The Morgan fingerprint density at radius 3 is 2.54 bits per heavy atom. The van der Waals surface area contributed by atoms with Crippen LogP contribution in [-0.4, -0.2) is 87.1 Å². The van der Waals surface area contributed by atoms with Crippen molar-refractivity contribution in [3.63, 3.8) is 0 Å². The number of nitrogens with zero attached hydrogens (tertiary/aromatic N) is 3. The van der Waals surface area contributed by atoms with E-state index in [1.807, 2.05) is 7.05 Å². The first kappa shape index (κ1) is 18.5. The van der Waals surface area contributed by atoms with E-state index in [-0.39, 0.29) is 24.4 Å². The molecule has 2 rings (SSSR count). The van der Waals surface area contributed by atoms with Gasteiger partial charge in [0.05, 0.1) is 0 Å². The smallest absolute Gasteiger partial charge is 0.243 e. The Hall–Kier alpha value is -1.83. The lowest BCUT2D eigenvalue weighted by Crippen LogP contribution is -2.54. The molecular weight excluding hydrogens is 310 g/mol. The molecule has 1 atom stereocenters. The van der Waals surface area contributed by atoms with Crippen LogP contribution in [0.3, 0.4) is 0 Å². The second kappa shape index (κ2) is 8.86. The molecule has 0 aliphatic carbocycles. The first-order valence-electron chi connectivity index (χ1n) is 8.55. The number of likely N-dealkylation sites (tertiary alicyclic amines) is 1. The van der Waals surface area contributed by atoms with Crippen LogP contribution in [0.25, 0.3) is 0 Å². The van der Waals surface area contributed by atoms with Crippen molar-refractivity contribution >= 4 is 17.8 Å². The number of rotatable bonds is 4. The van der Waals surface area contributed by atoms with Gasteiger partial charge in [-0.15, -0.1) is 0 Å². The summed E-state index contributed by atoms with van der Waals surface area (Å²) in [7, 11) is 5.26. The maximum atomic E-state index is 11.8. The molecule has 0 saturated carbocycles. The third-order valence-electron chi connectivity index (χ3n) is 4.40. The Kier molecular flexibility index (Phi) is 6.84. The summed E-state index contributed by atoms with van der Waals surface area (Å²) in [5.41, 5.74) is 0. The highest BCUT2D eigenvalue weighted by Gasteiger charge is 2.24. The van der Waals surface area contributed by atoms with E-state index in [2.05, 4.69) is 15.6 Å². The van der Waals surface area contributed by atoms with Crippen LogP contribution >= 0.6 is 0 Å². The third kappa shape index (κ3) is 5.67. The van der Waals surface area contributed by atoms with Crippen molar-refractivity contribution in [3.05, 3.63) is 0 Å². The van der Waals surface area contributed by atoms with Crippen molar-refractivity contribution in [1.29, 1.82) is 0 Å². The second-order valence-corrected chi connectivity index (χ2v) is 6.64. The minimum Gasteiger partial charge on any atom is -0.381 e. The van der Waals surface area contributed by atoms with Crippen LogP contribution in [0.5, 0.6) is 0 Å². The molecule has 2 heterocycles. The molecule has 0 aromatic carbocycles. The molecule has 8 heteroatoms. The number of guanidine groups is 1. The summed E-state index contributed by atoms with van der Waals surface area (Å²) in [5.74, 6) is 0.774. The van der Waals surface area contributed by atoms with Gasteiger partial charge in [0.15, 0.2) is 5.96 Å². The van der Waals surface area contributed by atoms with Crippen LogP contribution in [0.1, 0.15) is 25.7 Å². The van der Waals surface area contributed by atoms with Crippen LogP contribution in [0.15, 0.2) is 4.99 Å². The predicted molar refractivity (Wildman–Crippen MR) is 91.8 cm³/mol. The Morgan fingerprint density at radius 1 is 1.25 bits per heavy atom. The normalized spacial score (nSPS) is 23.1. The zero-order chi connectivity index (χ0) is 17.5. The second-order valence-electron chi connectivity index (χ2n) is 6.64. The first-order valence-corrected chi connectivity index (χ1v) is 8.55. The highest BCUT2D eigenvalue weighted by Crippen LogP contribution is 2.10. The maximum Gasteiger partial charge on any atom is 0.243 e. The number of hydrogen-bond acceptors (Lipinski definition) is 4. The topological polar surface area (TPSA) is 86.3 Å². The van der Waals surface area contributed by atoms with Crippen molar-refractivity contribution in [2.45, 2.75) is 37.8 Å². The summed E-state index contributed by atoms with van der Waals surface area (Å²) in [6.45, 7) is 2.23. The Morgan fingerprint density at radius 2 is 1.92 bits per heavy atom. The summed E-state index contributed by atoms with van der Waals surface area (Å²) >= 11 is 0. The quantitative estimate of drug-likeness (QED) is 0.528. The van der Waals surface area contributed by atoms with Crippen molar-refractivity contribution in [2.24, 2.45) is 4.99 Å².